The van der Waals surface area contributed by atoms with Crippen LogP contribution in [0.5, 0.6) is 0 Å². The van der Waals surface area contributed by atoms with Gasteiger partial charge in [0, 0.05) is 25.2 Å². The standard InChI is InChI=1S/C17H21N3O2/c1-11-7-15(11)16-6-5-14(22-16)10-20(13-3-4-13)17(21)12-8-18-19(2)9-12/h5-6,8-9,11,13,15H,3-4,7,10H2,1-2H3/t11-,15-/m0/s1. The Morgan fingerprint density at radius 3 is 2.82 bits per heavy atom. The van der Waals surface area contributed by atoms with Crippen LogP contribution >= 0.6 is 0 Å². The van der Waals surface area contributed by atoms with Crippen molar-refractivity contribution in [2.75, 3.05) is 0 Å². The van der Waals surface area contributed by atoms with E-state index >= 15 is 0 Å². The number of rotatable bonds is 5. The smallest absolute Gasteiger partial charge is 0.257 e. The van der Waals surface area contributed by atoms with Crippen molar-refractivity contribution < 1.29 is 9.21 Å². The van der Waals surface area contributed by atoms with Gasteiger partial charge in [0.25, 0.3) is 5.91 Å². The zero-order valence-electron chi connectivity index (χ0n) is 13.0. The molecule has 2 aliphatic rings. The third kappa shape index (κ3) is 2.56. The van der Waals surface area contributed by atoms with Gasteiger partial charge >= 0.3 is 0 Å². The molecule has 0 radical (unpaired) electrons. The average Bonchev–Trinajstić information content (AvgIpc) is 3.37. The predicted octanol–water partition coefficient (Wildman–Crippen LogP) is 2.94. The molecule has 0 spiro atoms. The molecule has 0 aliphatic heterocycles. The summed E-state index contributed by atoms with van der Waals surface area (Å²) in [6, 6.07) is 4.44. The topological polar surface area (TPSA) is 51.3 Å². The second-order valence-corrected chi connectivity index (χ2v) is 6.69. The van der Waals surface area contributed by atoms with E-state index in [0.717, 1.165) is 30.3 Å². The fourth-order valence-corrected chi connectivity index (χ4v) is 3.02. The van der Waals surface area contributed by atoms with E-state index in [1.165, 1.54) is 6.42 Å². The lowest BCUT2D eigenvalue weighted by atomic mass is 10.2. The van der Waals surface area contributed by atoms with E-state index in [1.54, 1.807) is 17.1 Å². The first-order chi connectivity index (χ1) is 10.6. The maximum atomic E-state index is 12.7. The molecule has 4 rings (SSSR count). The van der Waals surface area contributed by atoms with E-state index in [-0.39, 0.29) is 5.91 Å². The average molecular weight is 299 g/mol. The first-order valence-electron chi connectivity index (χ1n) is 8.00. The third-order valence-corrected chi connectivity index (χ3v) is 4.68. The Balaban J connectivity index is 1.50. The molecule has 2 aliphatic carbocycles. The van der Waals surface area contributed by atoms with Crippen LogP contribution in [0, 0.1) is 5.92 Å². The monoisotopic (exact) mass is 299 g/mol. The van der Waals surface area contributed by atoms with E-state index in [9.17, 15) is 4.79 Å². The van der Waals surface area contributed by atoms with Gasteiger partial charge < -0.3 is 9.32 Å². The van der Waals surface area contributed by atoms with E-state index in [2.05, 4.69) is 18.1 Å². The highest BCUT2D eigenvalue weighted by molar-refractivity contribution is 5.94. The van der Waals surface area contributed by atoms with Crippen molar-refractivity contribution in [2.24, 2.45) is 13.0 Å². The number of aromatic nitrogens is 2. The molecule has 0 bridgehead atoms. The highest BCUT2D eigenvalue weighted by Crippen LogP contribution is 2.47. The van der Waals surface area contributed by atoms with Crippen molar-refractivity contribution in [1.82, 2.24) is 14.7 Å². The number of carbonyl (C=O) groups is 1. The maximum Gasteiger partial charge on any atom is 0.257 e. The van der Waals surface area contributed by atoms with Crippen LogP contribution in [0.25, 0.3) is 0 Å². The van der Waals surface area contributed by atoms with Gasteiger partial charge in [-0.1, -0.05) is 6.92 Å². The quantitative estimate of drug-likeness (QED) is 0.853. The molecule has 1 amide bonds. The van der Waals surface area contributed by atoms with Gasteiger partial charge in [-0.3, -0.25) is 9.48 Å². The minimum Gasteiger partial charge on any atom is -0.464 e. The summed E-state index contributed by atoms with van der Waals surface area (Å²) in [5.74, 6) is 3.33. The molecule has 2 heterocycles. The van der Waals surface area contributed by atoms with Crippen LogP contribution in [0.2, 0.25) is 0 Å². The lowest BCUT2D eigenvalue weighted by Crippen LogP contribution is -2.32. The highest BCUT2D eigenvalue weighted by Gasteiger charge is 2.37. The van der Waals surface area contributed by atoms with Crippen LogP contribution in [0.4, 0.5) is 0 Å². The Morgan fingerprint density at radius 1 is 1.45 bits per heavy atom. The molecule has 22 heavy (non-hydrogen) atoms. The Hall–Kier alpha value is -2.04. The van der Waals surface area contributed by atoms with Crippen LogP contribution in [0.1, 0.15) is 54.0 Å². The maximum absolute atomic E-state index is 12.7. The first-order valence-corrected chi connectivity index (χ1v) is 8.00. The largest absolute Gasteiger partial charge is 0.464 e. The first kappa shape index (κ1) is 13.6. The zero-order valence-corrected chi connectivity index (χ0v) is 13.0. The molecular formula is C17H21N3O2. The van der Waals surface area contributed by atoms with Crippen LogP contribution < -0.4 is 0 Å². The van der Waals surface area contributed by atoms with Crippen LogP contribution in [-0.2, 0) is 13.6 Å². The molecular weight excluding hydrogens is 278 g/mol. The van der Waals surface area contributed by atoms with E-state index < -0.39 is 0 Å². The molecule has 5 heteroatoms. The molecule has 0 unspecified atom stereocenters. The van der Waals surface area contributed by atoms with Crippen molar-refractivity contribution in [2.45, 2.75) is 44.7 Å². The van der Waals surface area contributed by atoms with Gasteiger partial charge in [0.15, 0.2) is 0 Å². The summed E-state index contributed by atoms with van der Waals surface area (Å²) >= 11 is 0. The number of hydrogen-bond donors (Lipinski definition) is 0. The fraction of sp³-hybridized carbons (Fsp3) is 0.529. The second-order valence-electron chi connectivity index (χ2n) is 6.69. The van der Waals surface area contributed by atoms with Crippen molar-refractivity contribution in [3.05, 3.63) is 41.6 Å². The number of furan rings is 1. The minimum atomic E-state index is 0.0494. The van der Waals surface area contributed by atoms with Gasteiger partial charge in [-0.05, 0) is 37.3 Å². The Labute approximate surface area is 129 Å². The predicted molar refractivity (Wildman–Crippen MR) is 81.3 cm³/mol. The fourth-order valence-electron chi connectivity index (χ4n) is 3.02. The summed E-state index contributed by atoms with van der Waals surface area (Å²) in [5, 5.41) is 4.10. The number of carbonyl (C=O) groups excluding carboxylic acids is 1. The van der Waals surface area contributed by atoms with Crippen LogP contribution in [0.3, 0.4) is 0 Å². The second kappa shape index (κ2) is 5.00. The molecule has 2 fully saturated rings. The number of aryl methyl sites for hydroxylation is 1. The summed E-state index contributed by atoms with van der Waals surface area (Å²) < 4.78 is 7.63. The van der Waals surface area contributed by atoms with Crippen molar-refractivity contribution in [3.63, 3.8) is 0 Å². The normalized spacial score (nSPS) is 23.5. The van der Waals surface area contributed by atoms with Crippen LogP contribution in [-0.4, -0.2) is 26.6 Å². The van der Waals surface area contributed by atoms with Crippen molar-refractivity contribution in [1.29, 1.82) is 0 Å². The number of amides is 1. The van der Waals surface area contributed by atoms with Gasteiger partial charge in [-0.2, -0.15) is 5.10 Å². The summed E-state index contributed by atoms with van der Waals surface area (Å²) in [6.07, 6.45) is 6.79. The highest BCUT2D eigenvalue weighted by atomic mass is 16.3. The molecule has 0 N–H and O–H groups in total. The molecule has 2 saturated carbocycles. The Kier molecular flexibility index (Phi) is 3.10. The third-order valence-electron chi connectivity index (χ3n) is 4.68. The Bertz CT molecular complexity index is 698. The van der Waals surface area contributed by atoms with Gasteiger partial charge in [-0.25, -0.2) is 0 Å². The molecule has 5 nitrogen and oxygen atoms in total. The van der Waals surface area contributed by atoms with Gasteiger partial charge in [-0.15, -0.1) is 0 Å². The van der Waals surface area contributed by atoms with Gasteiger partial charge in [0.2, 0.25) is 0 Å². The number of hydrogen-bond acceptors (Lipinski definition) is 3. The Morgan fingerprint density at radius 2 is 2.23 bits per heavy atom. The zero-order chi connectivity index (χ0) is 15.3. The number of nitrogens with zero attached hydrogens (tertiary/aromatic N) is 3. The molecule has 0 aromatic carbocycles. The van der Waals surface area contributed by atoms with Gasteiger partial charge in [0.05, 0.1) is 18.3 Å². The van der Waals surface area contributed by atoms with E-state index in [4.69, 9.17) is 4.42 Å². The summed E-state index contributed by atoms with van der Waals surface area (Å²) in [4.78, 5) is 14.6. The summed E-state index contributed by atoms with van der Waals surface area (Å²) in [7, 11) is 1.83. The molecule has 2 aromatic rings. The van der Waals surface area contributed by atoms with Crippen LogP contribution in [0.15, 0.2) is 28.9 Å². The molecule has 2 atom stereocenters. The summed E-state index contributed by atoms with van der Waals surface area (Å²) in [5.41, 5.74) is 0.650. The summed E-state index contributed by atoms with van der Waals surface area (Å²) in [6.45, 7) is 2.80. The van der Waals surface area contributed by atoms with Crippen molar-refractivity contribution >= 4 is 5.91 Å². The van der Waals surface area contributed by atoms with E-state index in [1.807, 2.05) is 18.0 Å². The lowest BCUT2D eigenvalue weighted by molar-refractivity contribution is 0.0716. The van der Waals surface area contributed by atoms with E-state index in [0.29, 0.717) is 24.1 Å². The SMILES string of the molecule is C[C@H]1C[C@@H]1c1ccc(CN(C(=O)c2cnn(C)c2)C2CC2)o1. The van der Waals surface area contributed by atoms with Gasteiger partial charge in [0.1, 0.15) is 11.5 Å². The minimum absolute atomic E-state index is 0.0494. The molecule has 0 saturated heterocycles. The van der Waals surface area contributed by atoms with Crippen molar-refractivity contribution in [3.8, 4) is 0 Å². The lowest BCUT2D eigenvalue weighted by Gasteiger charge is -2.20. The molecule has 116 valence electrons. The molecule has 2 aromatic heterocycles.